The molecule has 222 valence electrons. The van der Waals surface area contributed by atoms with Gasteiger partial charge in [0.2, 0.25) is 16.0 Å². The van der Waals surface area contributed by atoms with Crippen LogP contribution in [0.1, 0.15) is 89.4 Å². The van der Waals surface area contributed by atoms with Crippen molar-refractivity contribution in [2.24, 2.45) is 0 Å². The Balaban J connectivity index is 1.56. The number of fused-ring (bicyclic) bond motifs is 2. The molecule has 13 heteroatoms. The van der Waals surface area contributed by atoms with E-state index in [0.717, 1.165) is 50.6 Å². The number of halogens is 1. The number of rotatable bonds is 13. The summed E-state index contributed by atoms with van der Waals surface area (Å²) in [7, 11) is -1.46. The fourth-order valence-corrected chi connectivity index (χ4v) is 7.32. The lowest BCUT2D eigenvalue weighted by atomic mass is 9.83. The number of aryl methyl sites for hydroxylation is 1. The molecule has 0 spiro atoms. The number of aromatic nitrogens is 4. The number of hydrogen-bond acceptors (Lipinski definition) is 9. The number of piperidine rings is 2. The second-order valence-corrected chi connectivity index (χ2v) is 13.0. The number of unbranched alkanes of at least 4 members (excludes halogenated alkanes) is 3. The number of nitrogens with zero attached hydrogens (tertiary/aromatic N) is 5. The Bertz CT molecular complexity index is 1260. The number of esters is 1. The lowest BCUT2D eigenvalue weighted by Crippen LogP contribution is -2.58. The van der Waals surface area contributed by atoms with Gasteiger partial charge >= 0.3 is 5.97 Å². The second kappa shape index (κ2) is 13.2. The predicted molar refractivity (Wildman–Crippen MR) is 151 cm³/mol. The zero-order chi connectivity index (χ0) is 28.9. The van der Waals surface area contributed by atoms with Gasteiger partial charge in [-0.05, 0) is 46.0 Å². The Morgan fingerprint density at radius 3 is 2.55 bits per heavy atom. The molecule has 3 atom stereocenters. The Kier molecular flexibility index (Phi) is 9.99. The maximum atomic E-state index is 15.6. The lowest BCUT2D eigenvalue weighted by Gasteiger charge is -2.49. The minimum absolute atomic E-state index is 0.0280. The molecule has 0 aromatic carbocycles. The van der Waals surface area contributed by atoms with E-state index in [0.29, 0.717) is 18.7 Å². The van der Waals surface area contributed by atoms with Gasteiger partial charge in [0.05, 0.1) is 5.75 Å². The first-order valence-corrected chi connectivity index (χ1v) is 16.0. The smallest absolute Gasteiger partial charge is 0.306 e. The largest absolute Gasteiger partial charge is 0.459 e. The Morgan fingerprint density at radius 1 is 1.20 bits per heavy atom. The minimum atomic E-state index is -3.31. The highest BCUT2D eigenvalue weighted by atomic mass is 32.2. The van der Waals surface area contributed by atoms with Gasteiger partial charge in [0.15, 0.2) is 17.5 Å². The molecule has 1 unspecified atom stereocenters. The number of ether oxygens (including phenoxy) is 1. The van der Waals surface area contributed by atoms with Crippen LogP contribution in [-0.2, 0) is 26.2 Å². The molecular weight excluding hydrogens is 537 g/mol. The number of nitrogens with one attached hydrogen (secondary N) is 2. The van der Waals surface area contributed by atoms with Crippen LogP contribution in [0, 0.1) is 12.7 Å². The molecule has 0 saturated carbocycles. The summed E-state index contributed by atoms with van der Waals surface area (Å²) in [5.74, 6) is -0.404. The summed E-state index contributed by atoms with van der Waals surface area (Å²) in [6, 6.07) is 1.54. The van der Waals surface area contributed by atoms with E-state index in [2.05, 4.69) is 32.4 Å². The van der Waals surface area contributed by atoms with Crippen LogP contribution in [0.15, 0.2) is 6.07 Å². The minimum Gasteiger partial charge on any atom is -0.459 e. The number of hydrogen-bond donors (Lipinski definition) is 2. The maximum absolute atomic E-state index is 15.6. The number of aromatic amines is 1. The standard InChI is InChI=1S/C27H42FN7O4S/c1-5-7-8-9-13-24(36)39-17-22-25(28)26(30-23-14-18(3)32-33-23)31-27(29-22)34(4)21-15-19-11-10-12-20(16-21)35(19)40(37,38)6-2/h14,19-21H,5-13,15-17H2,1-4H3,(H2,29,30,31,32,33)/t19-,20+,21?. The first-order chi connectivity index (χ1) is 19.1. The van der Waals surface area contributed by atoms with Gasteiger partial charge in [0.1, 0.15) is 12.3 Å². The summed E-state index contributed by atoms with van der Waals surface area (Å²) in [5.41, 5.74) is 0.770. The van der Waals surface area contributed by atoms with Gasteiger partial charge in [0.25, 0.3) is 0 Å². The Hall–Kier alpha value is -2.80. The van der Waals surface area contributed by atoms with Gasteiger partial charge < -0.3 is 15.0 Å². The van der Waals surface area contributed by atoms with Crippen LogP contribution in [0.5, 0.6) is 0 Å². The zero-order valence-electron chi connectivity index (χ0n) is 23.9. The molecule has 2 aliphatic rings. The second-order valence-electron chi connectivity index (χ2n) is 10.9. The van der Waals surface area contributed by atoms with Crippen LogP contribution >= 0.6 is 0 Å². The molecule has 0 aliphatic carbocycles. The van der Waals surface area contributed by atoms with Crippen LogP contribution in [0.4, 0.5) is 22.0 Å². The van der Waals surface area contributed by atoms with E-state index >= 15 is 4.39 Å². The van der Waals surface area contributed by atoms with Gasteiger partial charge in [-0.1, -0.05) is 32.6 Å². The van der Waals surface area contributed by atoms with Crippen molar-refractivity contribution in [1.82, 2.24) is 24.5 Å². The summed E-state index contributed by atoms with van der Waals surface area (Å²) in [6.07, 6.45) is 7.97. The molecule has 2 aromatic heterocycles. The van der Waals surface area contributed by atoms with E-state index in [1.807, 2.05) is 18.9 Å². The quantitative estimate of drug-likeness (QED) is 0.258. The lowest BCUT2D eigenvalue weighted by molar-refractivity contribution is -0.145. The van der Waals surface area contributed by atoms with E-state index in [1.54, 1.807) is 17.3 Å². The molecule has 40 heavy (non-hydrogen) atoms. The molecule has 2 bridgehead atoms. The van der Waals surface area contributed by atoms with E-state index in [9.17, 15) is 13.2 Å². The average Bonchev–Trinajstić information content (AvgIpc) is 3.34. The molecule has 2 aliphatic heterocycles. The molecule has 4 rings (SSSR count). The molecule has 2 fully saturated rings. The topological polar surface area (TPSA) is 133 Å². The molecule has 2 saturated heterocycles. The van der Waals surface area contributed by atoms with Gasteiger partial charge in [-0.15, -0.1) is 0 Å². The molecule has 4 heterocycles. The summed E-state index contributed by atoms with van der Waals surface area (Å²) in [4.78, 5) is 23.2. The highest BCUT2D eigenvalue weighted by molar-refractivity contribution is 7.89. The van der Waals surface area contributed by atoms with Crippen LogP contribution in [0.3, 0.4) is 0 Å². The van der Waals surface area contributed by atoms with Gasteiger partial charge in [0, 0.05) is 43.4 Å². The third kappa shape index (κ3) is 7.09. The highest BCUT2D eigenvalue weighted by Gasteiger charge is 2.45. The molecular formula is C27H42FN7O4S. The summed E-state index contributed by atoms with van der Waals surface area (Å²) in [6.45, 7) is 5.31. The van der Waals surface area contributed by atoms with Crippen molar-refractivity contribution in [2.75, 3.05) is 23.0 Å². The number of sulfonamides is 1. The molecule has 2 N–H and O–H groups in total. The first-order valence-electron chi connectivity index (χ1n) is 14.4. The van der Waals surface area contributed by atoms with Gasteiger partial charge in [-0.25, -0.2) is 17.8 Å². The molecule has 11 nitrogen and oxygen atoms in total. The molecule has 0 radical (unpaired) electrons. The fourth-order valence-electron chi connectivity index (χ4n) is 5.73. The van der Waals surface area contributed by atoms with E-state index in [4.69, 9.17) is 4.74 Å². The monoisotopic (exact) mass is 579 g/mol. The van der Waals surface area contributed by atoms with Crippen LogP contribution in [0.2, 0.25) is 0 Å². The van der Waals surface area contributed by atoms with E-state index < -0.39 is 21.8 Å². The summed E-state index contributed by atoms with van der Waals surface area (Å²) < 4.78 is 48.3. The van der Waals surface area contributed by atoms with Gasteiger partial charge in [-0.2, -0.15) is 14.4 Å². The first kappa shape index (κ1) is 30.2. The Labute approximate surface area is 236 Å². The summed E-state index contributed by atoms with van der Waals surface area (Å²) in [5, 5.41) is 9.85. The maximum Gasteiger partial charge on any atom is 0.306 e. The third-order valence-electron chi connectivity index (χ3n) is 7.90. The highest BCUT2D eigenvalue weighted by Crippen LogP contribution is 2.38. The summed E-state index contributed by atoms with van der Waals surface area (Å²) >= 11 is 0. The SMILES string of the molecule is CCCCCCC(=O)OCc1nc(N(C)C2C[C@H]3CCC[C@@H](C2)N3S(=O)(=O)CC)nc(Nc2cc(C)[nH]n2)c1F. The van der Waals surface area contributed by atoms with Crippen molar-refractivity contribution >= 4 is 33.6 Å². The van der Waals surface area contributed by atoms with Crippen molar-refractivity contribution in [2.45, 2.75) is 110 Å². The molecule has 2 aromatic rings. The number of H-pyrrole nitrogens is 1. The zero-order valence-corrected chi connectivity index (χ0v) is 24.8. The van der Waals surface area contributed by atoms with Crippen molar-refractivity contribution in [1.29, 1.82) is 0 Å². The van der Waals surface area contributed by atoms with Crippen molar-refractivity contribution < 1.29 is 22.3 Å². The third-order valence-corrected chi connectivity index (χ3v) is 9.87. The Morgan fingerprint density at radius 2 is 1.93 bits per heavy atom. The van der Waals surface area contributed by atoms with Crippen LogP contribution in [0.25, 0.3) is 0 Å². The van der Waals surface area contributed by atoms with Crippen molar-refractivity contribution in [3.05, 3.63) is 23.3 Å². The van der Waals surface area contributed by atoms with E-state index in [1.165, 1.54) is 0 Å². The normalized spacial score (nSPS) is 21.3. The number of carbonyl (C=O) groups excluding carboxylic acids is 1. The van der Waals surface area contributed by atoms with E-state index in [-0.39, 0.29) is 54.4 Å². The number of carbonyl (C=O) groups is 1. The van der Waals surface area contributed by atoms with Crippen molar-refractivity contribution in [3.63, 3.8) is 0 Å². The predicted octanol–water partition coefficient (Wildman–Crippen LogP) is 4.58. The average molecular weight is 580 g/mol. The van der Waals surface area contributed by atoms with Crippen LogP contribution in [-0.4, -0.2) is 69.8 Å². The fraction of sp³-hybridized carbons (Fsp3) is 0.704. The molecule has 0 amide bonds. The van der Waals surface area contributed by atoms with Crippen molar-refractivity contribution in [3.8, 4) is 0 Å². The van der Waals surface area contributed by atoms with Crippen LogP contribution < -0.4 is 10.2 Å². The number of anilines is 3. The van der Waals surface area contributed by atoms with Gasteiger partial charge in [-0.3, -0.25) is 9.89 Å².